The largest absolute Gasteiger partial charge is 0.370 e. The predicted molar refractivity (Wildman–Crippen MR) is 70.6 cm³/mol. The molecule has 1 N–H and O–H groups in total. The van der Waals surface area contributed by atoms with Crippen molar-refractivity contribution >= 4 is 0 Å². The lowest BCUT2D eigenvalue weighted by molar-refractivity contribution is 0.0384. The van der Waals surface area contributed by atoms with Crippen molar-refractivity contribution in [1.82, 2.24) is 15.5 Å². The molecular weight excluding hydrogens is 242 g/mol. The van der Waals surface area contributed by atoms with Crippen LogP contribution in [0.5, 0.6) is 0 Å². The van der Waals surface area contributed by atoms with Gasteiger partial charge in [-0.15, -0.1) is 0 Å². The molecule has 2 aliphatic rings. The van der Waals surface area contributed by atoms with E-state index in [9.17, 15) is 0 Å². The van der Waals surface area contributed by atoms with Gasteiger partial charge in [0.2, 0.25) is 11.7 Å². The van der Waals surface area contributed by atoms with E-state index in [1.807, 2.05) is 6.92 Å². The van der Waals surface area contributed by atoms with Crippen molar-refractivity contribution in [1.29, 1.82) is 0 Å². The van der Waals surface area contributed by atoms with Crippen molar-refractivity contribution in [3.63, 3.8) is 0 Å². The Bertz CT molecular complexity index is 422. The SMILES string of the molecule is CCOC(c1noc(C2(C)CCCCN2)n1)C1CC1. The van der Waals surface area contributed by atoms with E-state index in [0.717, 1.165) is 18.8 Å². The van der Waals surface area contributed by atoms with Crippen LogP contribution in [0.1, 0.15) is 63.8 Å². The van der Waals surface area contributed by atoms with E-state index in [2.05, 4.69) is 22.4 Å². The smallest absolute Gasteiger partial charge is 0.246 e. The molecular formula is C14H23N3O2. The summed E-state index contributed by atoms with van der Waals surface area (Å²) in [4.78, 5) is 4.62. The van der Waals surface area contributed by atoms with Gasteiger partial charge in [-0.2, -0.15) is 4.98 Å². The van der Waals surface area contributed by atoms with Gasteiger partial charge < -0.3 is 14.6 Å². The molecule has 106 valence electrons. The van der Waals surface area contributed by atoms with Crippen molar-refractivity contribution < 1.29 is 9.26 Å². The minimum absolute atomic E-state index is 0.0229. The summed E-state index contributed by atoms with van der Waals surface area (Å²) in [7, 11) is 0. The topological polar surface area (TPSA) is 60.2 Å². The van der Waals surface area contributed by atoms with Crippen LogP contribution in [0.4, 0.5) is 0 Å². The Morgan fingerprint density at radius 3 is 2.95 bits per heavy atom. The zero-order chi connectivity index (χ0) is 13.3. The maximum absolute atomic E-state index is 5.78. The normalized spacial score (nSPS) is 29.4. The predicted octanol–water partition coefficient (Wildman–Crippen LogP) is 2.55. The van der Waals surface area contributed by atoms with Crippen LogP contribution >= 0.6 is 0 Å². The number of ether oxygens (including phenoxy) is 1. The number of nitrogens with one attached hydrogen (secondary N) is 1. The van der Waals surface area contributed by atoms with Crippen LogP contribution in [0.2, 0.25) is 0 Å². The molecule has 1 aliphatic heterocycles. The highest BCUT2D eigenvalue weighted by atomic mass is 16.5. The lowest BCUT2D eigenvalue weighted by atomic mass is 9.91. The molecule has 2 atom stereocenters. The summed E-state index contributed by atoms with van der Waals surface area (Å²) in [5.74, 6) is 2.03. The Kier molecular flexibility index (Phi) is 3.58. The maximum Gasteiger partial charge on any atom is 0.246 e. The van der Waals surface area contributed by atoms with Gasteiger partial charge in [-0.3, -0.25) is 0 Å². The molecule has 19 heavy (non-hydrogen) atoms. The first kappa shape index (κ1) is 13.1. The van der Waals surface area contributed by atoms with Gasteiger partial charge >= 0.3 is 0 Å². The summed E-state index contributed by atoms with van der Waals surface area (Å²) in [6, 6.07) is 0. The molecule has 1 aromatic heterocycles. The quantitative estimate of drug-likeness (QED) is 0.886. The van der Waals surface area contributed by atoms with Gasteiger partial charge in [-0.05, 0) is 58.4 Å². The fraction of sp³-hybridized carbons (Fsp3) is 0.857. The molecule has 5 heteroatoms. The van der Waals surface area contributed by atoms with Crippen LogP contribution in [-0.2, 0) is 10.3 Å². The van der Waals surface area contributed by atoms with E-state index >= 15 is 0 Å². The zero-order valence-corrected chi connectivity index (χ0v) is 11.8. The molecule has 0 bridgehead atoms. The summed E-state index contributed by atoms with van der Waals surface area (Å²) in [5.41, 5.74) is -0.163. The molecule has 0 spiro atoms. The van der Waals surface area contributed by atoms with Crippen LogP contribution in [0.3, 0.4) is 0 Å². The number of piperidine rings is 1. The summed E-state index contributed by atoms with van der Waals surface area (Å²) < 4.78 is 11.3. The average Bonchev–Trinajstić information content (AvgIpc) is 3.13. The second kappa shape index (κ2) is 5.21. The molecule has 2 heterocycles. The van der Waals surface area contributed by atoms with Crippen molar-refractivity contribution in [2.45, 2.75) is 57.6 Å². The summed E-state index contributed by atoms with van der Waals surface area (Å²) in [6.45, 7) is 5.88. The minimum Gasteiger partial charge on any atom is -0.370 e. The van der Waals surface area contributed by atoms with E-state index in [0.29, 0.717) is 18.4 Å². The van der Waals surface area contributed by atoms with Gasteiger partial charge in [0.25, 0.3) is 0 Å². The standard InChI is InChI=1S/C14H23N3O2/c1-3-18-11(10-6-7-10)12-16-13(19-17-12)14(2)8-4-5-9-15-14/h10-11,15H,3-9H2,1-2H3. The molecule has 1 aromatic rings. The first-order valence-corrected chi connectivity index (χ1v) is 7.43. The van der Waals surface area contributed by atoms with Gasteiger partial charge in [-0.25, -0.2) is 0 Å². The molecule has 5 nitrogen and oxygen atoms in total. The van der Waals surface area contributed by atoms with Crippen LogP contribution in [0, 0.1) is 5.92 Å². The van der Waals surface area contributed by atoms with Crippen molar-refractivity contribution in [2.24, 2.45) is 5.92 Å². The Balaban J connectivity index is 1.77. The third kappa shape index (κ3) is 2.67. The molecule has 0 radical (unpaired) electrons. The van der Waals surface area contributed by atoms with Crippen LogP contribution in [0.25, 0.3) is 0 Å². The minimum atomic E-state index is -0.163. The van der Waals surface area contributed by atoms with Crippen LogP contribution < -0.4 is 5.32 Å². The monoisotopic (exact) mass is 265 g/mol. The van der Waals surface area contributed by atoms with E-state index in [1.165, 1.54) is 25.7 Å². The van der Waals surface area contributed by atoms with E-state index in [1.54, 1.807) is 0 Å². The van der Waals surface area contributed by atoms with Gasteiger partial charge in [-0.1, -0.05) is 5.16 Å². The highest BCUT2D eigenvalue weighted by Crippen LogP contribution is 2.42. The first-order valence-electron chi connectivity index (χ1n) is 7.43. The summed E-state index contributed by atoms with van der Waals surface area (Å²) in [5, 5.41) is 7.67. The Hall–Kier alpha value is -0.940. The summed E-state index contributed by atoms with van der Waals surface area (Å²) >= 11 is 0. The van der Waals surface area contributed by atoms with E-state index in [4.69, 9.17) is 9.26 Å². The molecule has 0 aromatic carbocycles. The fourth-order valence-corrected chi connectivity index (χ4v) is 2.81. The molecule has 1 saturated carbocycles. The van der Waals surface area contributed by atoms with Crippen molar-refractivity contribution in [3.05, 3.63) is 11.7 Å². The molecule has 1 saturated heterocycles. The lowest BCUT2D eigenvalue weighted by Crippen LogP contribution is -2.43. The Morgan fingerprint density at radius 2 is 2.32 bits per heavy atom. The van der Waals surface area contributed by atoms with Gasteiger partial charge in [0, 0.05) is 6.61 Å². The van der Waals surface area contributed by atoms with Crippen LogP contribution in [-0.4, -0.2) is 23.3 Å². The van der Waals surface area contributed by atoms with E-state index < -0.39 is 0 Å². The number of hydrogen-bond acceptors (Lipinski definition) is 5. The molecule has 2 fully saturated rings. The lowest BCUT2D eigenvalue weighted by Gasteiger charge is -2.31. The Labute approximate surface area is 114 Å². The van der Waals surface area contributed by atoms with Crippen molar-refractivity contribution in [2.75, 3.05) is 13.2 Å². The molecule has 0 amide bonds. The van der Waals surface area contributed by atoms with Gasteiger partial charge in [0.1, 0.15) is 6.10 Å². The van der Waals surface area contributed by atoms with E-state index in [-0.39, 0.29) is 11.6 Å². The highest BCUT2D eigenvalue weighted by molar-refractivity contribution is 5.06. The second-order valence-corrected chi connectivity index (χ2v) is 5.89. The van der Waals surface area contributed by atoms with Gasteiger partial charge in [0.15, 0.2) is 0 Å². The Morgan fingerprint density at radius 1 is 1.47 bits per heavy atom. The number of nitrogens with zero attached hydrogens (tertiary/aromatic N) is 2. The third-order valence-electron chi connectivity index (χ3n) is 4.18. The fourth-order valence-electron chi connectivity index (χ4n) is 2.81. The van der Waals surface area contributed by atoms with Gasteiger partial charge in [0.05, 0.1) is 5.54 Å². The summed E-state index contributed by atoms with van der Waals surface area (Å²) in [6.07, 6.45) is 5.93. The average molecular weight is 265 g/mol. The molecule has 2 unspecified atom stereocenters. The zero-order valence-electron chi connectivity index (χ0n) is 11.8. The second-order valence-electron chi connectivity index (χ2n) is 5.89. The van der Waals surface area contributed by atoms with Crippen LogP contribution in [0.15, 0.2) is 4.52 Å². The van der Waals surface area contributed by atoms with Crippen molar-refractivity contribution in [3.8, 4) is 0 Å². The number of hydrogen-bond donors (Lipinski definition) is 1. The number of aromatic nitrogens is 2. The highest BCUT2D eigenvalue weighted by Gasteiger charge is 2.39. The maximum atomic E-state index is 5.78. The number of rotatable bonds is 5. The third-order valence-corrected chi connectivity index (χ3v) is 4.18. The molecule has 3 rings (SSSR count). The molecule has 1 aliphatic carbocycles. The first-order chi connectivity index (χ1) is 9.23.